The smallest absolute Gasteiger partial charge is 0.238 e. The molecule has 2 rings (SSSR count). The number of ether oxygens (including phenoxy) is 1. The molecule has 0 aliphatic carbocycles. The summed E-state index contributed by atoms with van der Waals surface area (Å²) in [6, 6.07) is 7.31. The van der Waals surface area contributed by atoms with Crippen molar-refractivity contribution in [3.63, 3.8) is 0 Å². The van der Waals surface area contributed by atoms with Gasteiger partial charge in [-0.15, -0.1) is 0 Å². The third kappa shape index (κ3) is 7.97. The molecule has 1 saturated heterocycles. The monoisotopic (exact) mass is 361 g/mol. The molecule has 144 valence electrons. The van der Waals surface area contributed by atoms with Crippen LogP contribution in [0, 0.1) is 0 Å². The predicted octanol–water partition coefficient (Wildman–Crippen LogP) is 3.26. The number of hydrogen-bond acceptors (Lipinski definition) is 4. The Hall–Kier alpha value is -1.92. The average molecular weight is 361 g/mol. The minimum Gasteiger partial charge on any atom is -0.385 e. The van der Waals surface area contributed by atoms with E-state index >= 15 is 0 Å². The number of rotatable bonds is 9. The molecule has 1 aliphatic rings. The summed E-state index contributed by atoms with van der Waals surface area (Å²) >= 11 is 0. The topological polar surface area (TPSA) is 70.7 Å². The van der Waals surface area contributed by atoms with Crippen LogP contribution >= 0.6 is 0 Å². The van der Waals surface area contributed by atoms with Crippen LogP contribution < -0.4 is 10.6 Å². The fraction of sp³-hybridized carbons (Fsp3) is 0.600. The SMILES string of the molecule is COCCCCC(=O)Nc1cccc(NC(=O)CN2CCCCCC2)c1. The summed E-state index contributed by atoms with van der Waals surface area (Å²) in [6.45, 7) is 3.08. The number of nitrogens with one attached hydrogen (secondary N) is 2. The Balaban J connectivity index is 1.78. The van der Waals surface area contributed by atoms with Crippen molar-refractivity contribution in [2.75, 3.05) is 44.0 Å². The molecule has 6 heteroatoms. The molecule has 0 saturated carbocycles. The van der Waals surface area contributed by atoms with E-state index < -0.39 is 0 Å². The summed E-state index contributed by atoms with van der Waals surface area (Å²) in [7, 11) is 1.66. The van der Waals surface area contributed by atoms with E-state index in [4.69, 9.17) is 4.74 Å². The normalized spacial score (nSPS) is 15.3. The van der Waals surface area contributed by atoms with Crippen LogP contribution in [0.1, 0.15) is 44.9 Å². The molecule has 0 spiro atoms. The van der Waals surface area contributed by atoms with Gasteiger partial charge in [0.05, 0.1) is 6.54 Å². The maximum Gasteiger partial charge on any atom is 0.238 e. The summed E-state index contributed by atoms with van der Waals surface area (Å²) in [5.74, 6) is -0.0240. The lowest BCUT2D eigenvalue weighted by Crippen LogP contribution is -2.33. The van der Waals surface area contributed by atoms with Gasteiger partial charge >= 0.3 is 0 Å². The Morgan fingerprint density at radius 2 is 1.65 bits per heavy atom. The lowest BCUT2D eigenvalue weighted by Gasteiger charge is -2.19. The van der Waals surface area contributed by atoms with Gasteiger partial charge in [0, 0.05) is 31.5 Å². The number of carbonyl (C=O) groups is 2. The van der Waals surface area contributed by atoms with Crippen LogP contribution in [0.2, 0.25) is 0 Å². The van der Waals surface area contributed by atoms with Crippen molar-refractivity contribution < 1.29 is 14.3 Å². The molecule has 2 amide bonds. The first-order chi connectivity index (χ1) is 12.7. The molecule has 0 aromatic heterocycles. The highest BCUT2D eigenvalue weighted by molar-refractivity contribution is 5.94. The summed E-state index contributed by atoms with van der Waals surface area (Å²) in [5.41, 5.74) is 1.41. The fourth-order valence-corrected chi connectivity index (χ4v) is 3.13. The maximum absolute atomic E-state index is 12.3. The Kier molecular flexibility index (Phi) is 9.14. The first-order valence-corrected chi connectivity index (χ1v) is 9.58. The van der Waals surface area contributed by atoms with Crippen LogP contribution in [0.5, 0.6) is 0 Å². The Bertz CT molecular complexity index is 569. The zero-order chi connectivity index (χ0) is 18.6. The Labute approximate surface area is 156 Å². The third-order valence-electron chi connectivity index (χ3n) is 4.50. The molecule has 0 bridgehead atoms. The van der Waals surface area contributed by atoms with Crippen molar-refractivity contribution >= 4 is 23.2 Å². The lowest BCUT2D eigenvalue weighted by molar-refractivity contribution is -0.117. The summed E-state index contributed by atoms with van der Waals surface area (Å²) in [5, 5.41) is 5.82. The van der Waals surface area contributed by atoms with E-state index in [9.17, 15) is 9.59 Å². The van der Waals surface area contributed by atoms with E-state index in [1.54, 1.807) is 13.2 Å². The van der Waals surface area contributed by atoms with Crippen molar-refractivity contribution in [3.8, 4) is 0 Å². The zero-order valence-corrected chi connectivity index (χ0v) is 15.8. The van der Waals surface area contributed by atoms with E-state index in [1.165, 1.54) is 25.7 Å². The van der Waals surface area contributed by atoms with Gasteiger partial charge in [-0.05, 0) is 57.0 Å². The van der Waals surface area contributed by atoms with Crippen LogP contribution in [-0.2, 0) is 14.3 Å². The second-order valence-corrected chi connectivity index (χ2v) is 6.82. The third-order valence-corrected chi connectivity index (χ3v) is 4.50. The predicted molar refractivity (Wildman–Crippen MR) is 104 cm³/mol. The number of anilines is 2. The molecule has 1 aromatic rings. The van der Waals surface area contributed by atoms with E-state index in [0.717, 1.165) is 25.9 Å². The quantitative estimate of drug-likeness (QED) is 0.662. The highest BCUT2D eigenvalue weighted by Gasteiger charge is 2.13. The first kappa shape index (κ1) is 20.4. The summed E-state index contributed by atoms with van der Waals surface area (Å²) < 4.78 is 4.98. The van der Waals surface area contributed by atoms with Crippen molar-refractivity contribution in [3.05, 3.63) is 24.3 Å². The highest BCUT2D eigenvalue weighted by atomic mass is 16.5. The van der Waals surface area contributed by atoms with Crippen molar-refractivity contribution in [1.29, 1.82) is 0 Å². The van der Waals surface area contributed by atoms with E-state index in [1.807, 2.05) is 18.2 Å². The van der Waals surface area contributed by atoms with Crippen LogP contribution in [-0.4, -0.2) is 50.1 Å². The van der Waals surface area contributed by atoms with E-state index in [-0.39, 0.29) is 11.8 Å². The van der Waals surface area contributed by atoms with Crippen molar-refractivity contribution in [1.82, 2.24) is 4.90 Å². The number of likely N-dealkylation sites (tertiary alicyclic amines) is 1. The van der Waals surface area contributed by atoms with Crippen LogP contribution in [0.25, 0.3) is 0 Å². The Morgan fingerprint density at radius 1 is 1.00 bits per heavy atom. The number of nitrogens with zero attached hydrogens (tertiary/aromatic N) is 1. The summed E-state index contributed by atoms with van der Waals surface area (Å²) in [6.07, 6.45) is 6.98. The first-order valence-electron chi connectivity index (χ1n) is 9.58. The van der Waals surface area contributed by atoms with Gasteiger partial charge in [-0.25, -0.2) is 0 Å². The second kappa shape index (κ2) is 11.6. The number of benzene rings is 1. The molecule has 6 nitrogen and oxygen atoms in total. The average Bonchev–Trinajstić information content (AvgIpc) is 2.87. The minimum atomic E-state index is -0.0193. The highest BCUT2D eigenvalue weighted by Crippen LogP contribution is 2.16. The number of methoxy groups -OCH3 is 1. The van der Waals surface area contributed by atoms with E-state index in [0.29, 0.717) is 30.9 Å². The van der Waals surface area contributed by atoms with Crippen LogP contribution in [0.4, 0.5) is 11.4 Å². The molecule has 0 unspecified atom stereocenters. The largest absolute Gasteiger partial charge is 0.385 e. The molecular formula is C20H31N3O3. The zero-order valence-electron chi connectivity index (χ0n) is 15.8. The number of unbranched alkanes of at least 4 members (excludes halogenated alkanes) is 1. The second-order valence-electron chi connectivity index (χ2n) is 6.82. The van der Waals surface area contributed by atoms with Crippen LogP contribution in [0.15, 0.2) is 24.3 Å². The van der Waals surface area contributed by atoms with Gasteiger partial charge in [-0.1, -0.05) is 18.9 Å². The standard InChI is InChI=1S/C20H31N3O3/c1-26-14-7-4-11-19(24)21-17-9-8-10-18(15-17)22-20(25)16-23-12-5-2-3-6-13-23/h8-10,15H,2-7,11-14,16H2,1H3,(H,21,24)(H,22,25). The fourth-order valence-electron chi connectivity index (χ4n) is 3.13. The molecule has 1 fully saturated rings. The van der Waals surface area contributed by atoms with E-state index in [2.05, 4.69) is 15.5 Å². The molecule has 2 N–H and O–H groups in total. The number of amides is 2. The molecule has 1 aromatic carbocycles. The lowest BCUT2D eigenvalue weighted by atomic mass is 10.2. The molecule has 0 radical (unpaired) electrons. The van der Waals surface area contributed by atoms with Gasteiger partial charge in [0.2, 0.25) is 11.8 Å². The maximum atomic E-state index is 12.3. The summed E-state index contributed by atoms with van der Waals surface area (Å²) in [4.78, 5) is 26.5. The number of carbonyl (C=O) groups excluding carboxylic acids is 2. The molecule has 0 atom stereocenters. The molecule has 26 heavy (non-hydrogen) atoms. The van der Waals surface area contributed by atoms with Gasteiger partial charge in [0.25, 0.3) is 0 Å². The molecular weight excluding hydrogens is 330 g/mol. The van der Waals surface area contributed by atoms with Crippen molar-refractivity contribution in [2.45, 2.75) is 44.9 Å². The molecule has 1 aliphatic heterocycles. The van der Waals surface area contributed by atoms with Gasteiger partial charge in [0.15, 0.2) is 0 Å². The number of hydrogen-bond donors (Lipinski definition) is 2. The van der Waals surface area contributed by atoms with Crippen molar-refractivity contribution in [2.24, 2.45) is 0 Å². The van der Waals surface area contributed by atoms with Gasteiger partial charge < -0.3 is 15.4 Å². The minimum absolute atomic E-state index is 0.00468. The Morgan fingerprint density at radius 3 is 2.31 bits per heavy atom. The van der Waals surface area contributed by atoms with Gasteiger partial charge in [0.1, 0.15) is 0 Å². The molecule has 1 heterocycles. The van der Waals surface area contributed by atoms with Gasteiger partial charge in [-0.2, -0.15) is 0 Å². The van der Waals surface area contributed by atoms with Crippen LogP contribution in [0.3, 0.4) is 0 Å². The van der Waals surface area contributed by atoms with Gasteiger partial charge in [-0.3, -0.25) is 14.5 Å².